The first-order chi connectivity index (χ1) is 15.2. The number of nitrogens with one attached hydrogen (secondary N) is 2. The zero-order valence-corrected chi connectivity index (χ0v) is 22.1. The lowest BCUT2D eigenvalue weighted by atomic mass is 9.53. The first-order valence-corrected chi connectivity index (χ1v) is 14.2. The summed E-state index contributed by atoms with van der Waals surface area (Å²) in [5, 5.41) is 8.80. The van der Waals surface area contributed by atoms with E-state index in [9.17, 15) is 0 Å². The number of hydrogen-bond acceptors (Lipinski definition) is 4. The highest BCUT2D eigenvalue weighted by molar-refractivity contribution is 5.16. The fourth-order valence-corrected chi connectivity index (χ4v) is 8.18. The van der Waals surface area contributed by atoms with E-state index in [1.54, 1.807) is 0 Å². The minimum Gasteiger partial charge on any atom is -0.330 e. The van der Waals surface area contributed by atoms with Crippen molar-refractivity contribution in [3.63, 3.8) is 0 Å². The quantitative estimate of drug-likeness (QED) is 0.342. The van der Waals surface area contributed by atoms with Gasteiger partial charge in [0.2, 0.25) is 0 Å². The van der Waals surface area contributed by atoms with Crippen LogP contribution >= 0.6 is 0 Å². The van der Waals surface area contributed by atoms with Gasteiger partial charge in [0.25, 0.3) is 0 Å². The van der Waals surface area contributed by atoms with Gasteiger partial charge in [0.05, 0.1) is 5.66 Å². The Bertz CT molecular complexity index is 536. The van der Waals surface area contributed by atoms with Crippen LogP contribution < -0.4 is 22.1 Å². The first-order valence-electron chi connectivity index (χ1n) is 14.2. The van der Waals surface area contributed by atoms with Crippen molar-refractivity contribution >= 4 is 0 Å². The maximum absolute atomic E-state index is 6.68. The van der Waals surface area contributed by atoms with E-state index in [-0.39, 0.29) is 22.5 Å². The molecule has 0 saturated heterocycles. The Hall–Kier alpha value is -0.160. The molecule has 3 aliphatic carbocycles. The molecule has 0 spiro atoms. The van der Waals surface area contributed by atoms with Gasteiger partial charge in [-0.2, -0.15) is 0 Å². The Labute approximate surface area is 199 Å². The second-order valence-corrected chi connectivity index (χ2v) is 12.7. The molecule has 4 unspecified atom stereocenters. The second-order valence-electron chi connectivity index (χ2n) is 12.7. The molecular formula is C28H56N4. The van der Waals surface area contributed by atoms with E-state index in [1.165, 1.54) is 77.0 Å². The third-order valence-corrected chi connectivity index (χ3v) is 9.98. The molecule has 188 valence electrons. The van der Waals surface area contributed by atoms with Gasteiger partial charge in [-0.05, 0) is 68.6 Å². The Morgan fingerprint density at radius 3 is 1.56 bits per heavy atom. The summed E-state index contributed by atoms with van der Waals surface area (Å²) in [6, 6.07) is 1.32. The van der Waals surface area contributed by atoms with Gasteiger partial charge in [0, 0.05) is 30.1 Å². The highest BCUT2D eigenvalue weighted by atomic mass is 15.3. The van der Waals surface area contributed by atoms with E-state index in [4.69, 9.17) is 11.5 Å². The van der Waals surface area contributed by atoms with Gasteiger partial charge >= 0.3 is 0 Å². The molecule has 3 rings (SSSR count). The fraction of sp³-hybridized carbons (Fsp3) is 1.00. The van der Waals surface area contributed by atoms with E-state index in [1.807, 2.05) is 0 Å². The lowest BCUT2D eigenvalue weighted by Crippen LogP contribution is -2.81. The normalized spacial score (nSPS) is 36.7. The van der Waals surface area contributed by atoms with Gasteiger partial charge in [-0.25, -0.2) is 0 Å². The molecule has 4 atom stereocenters. The number of rotatable bonds is 9. The third kappa shape index (κ3) is 5.24. The molecule has 0 aromatic heterocycles. The Kier molecular flexibility index (Phi) is 9.14. The van der Waals surface area contributed by atoms with Crippen LogP contribution in [0.4, 0.5) is 0 Å². The summed E-state index contributed by atoms with van der Waals surface area (Å²) < 4.78 is 0. The molecule has 0 radical (unpaired) electrons. The van der Waals surface area contributed by atoms with Gasteiger partial charge in [0.15, 0.2) is 0 Å². The molecule has 0 amide bonds. The molecular weight excluding hydrogens is 392 g/mol. The minimum atomic E-state index is -0.194. The van der Waals surface area contributed by atoms with Crippen molar-refractivity contribution < 1.29 is 0 Å². The Balaban J connectivity index is 2.00. The number of nitrogens with two attached hydrogens (primary N) is 2. The number of hydrogen-bond donors (Lipinski definition) is 4. The van der Waals surface area contributed by atoms with Crippen molar-refractivity contribution in [3.8, 4) is 0 Å². The predicted octanol–water partition coefficient (Wildman–Crippen LogP) is 5.69. The second kappa shape index (κ2) is 11.1. The van der Waals surface area contributed by atoms with Crippen molar-refractivity contribution in [3.05, 3.63) is 0 Å². The van der Waals surface area contributed by atoms with Crippen LogP contribution in [0.15, 0.2) is 0 Å². The minimum absolute atomic E-state index is 0.0307. The molecule has 0 aromatic carbocycles. The van der Waals surface area contributed by atoms with E-state index in [0.29, 0.717) is 18.6 Å². The van der Waals surface area contributed by atoms with Crippen LogP contribution in [0.5, 0.6) is 0 Å². The van der Waals surface area contributed by atoms with E-state index < -0.39 is 0 Å². The lowest BCUT2D eigenvalue weighted by molar-refractivity contribution is -0.105. The standard InChI is InChI=1S/C28H56N4/c1-6-24(21-14-10-8-11-15-21)31-28(32-25(7-2)22-16-12-9-13-17-22)26(3,4)18-23(30)19-27(28,5)20-29/h21-25,31-32H,6-20,29-30H2,1-5H3. The largest absolute Gasteiger partial charge is 0.330 e. The smallest absolute Gasteiger partial charge is 0.0812 e. The van der Waals surface area contributed by atoms with Crippen molar-refractivity contribution in [1.29, 1.82) is 0 Å². The van der Waals surface area contributed by atoms with Crippen molar-refractivity contribution in [1.82, 2.24) is 10.6 Å². The van der Waals surface area contributed by atoms with Gasteiger partial charge in [-0.1, -0.05) is 73.1 Å². The average Bonchev–Trinajstić information content (AvgIpc) is 2.79. The van der Waals surface area contributed by atoms with Gasteiger partial charge in [0.1, 0.15) is 0 Å². The molecule has 3 fully saturated rings. The molecule has 6 N–H and O–H groups in total. The van der Waals surface area contributed by atoms with Gasteiger partial charge in [-0.3, -0.25) is 10.6 Å². The summed E-state index contributed by atoms with van der Waals surface area (Å²) in [5.74, 6) is 1.58. The molecule has 3 aliphatic rings. The van der Waals surface area contributed by atoms with Crippen molar-refractivity contribution in [2.24, 2.45) is 34.1 Å². The summed E-state index contributed by atoms with van der Waals surface area (Å²) in [5.41, 5.74) is 13.1. The molecule has 4 nitrogen and oxygen atoms in total. The summed E-state index contributed by atoms with van der Waals surface area (Å²) >= 11 is 0. The zero-order valence-electron chi connectivity index (χ0n) is 22.1. The first kappa shape index (κ1) is 26.4. The van der Waals surface area contributed by atoms with Crippen LogP contribution in [0.25, 0.3) is 0 Å². The van der Waals surface area contributed by atoms with Crippen molar-refractivity contribution in [2.45, 2.75) is 148 Å². The van der Waals surface area contributed by atoms with Crippen LogP contribution in [0, 0.1) is 22.7 Å². The van der Waals surface area contributed by atoms with Crippen LogP contribution in [-0.2, 0) is 0 Å². The fourth-order valence-electron chi connectivity index (χ4n) is 8.18. The highest BCUT2D eigenvalue weighted by Gasteiger charge is 2.61. The summed E-state index contributed by atoms with van der Waals surface area (Å²) in [4.78, 5) is 0. The molecule has 0 heterocycles. The Morgan fingerprint density at radius 1 is 0.750 bits per heavy atom. The maximum Gasteiger partial charge on any atom is 0.0812 e. The lowest BCUT2D eigenvalue weighted by Gasteiger charge is -2.65. The highest BCUT2D eigenvalue weighted by Crippen LogP contribution is 2.53. The summed E-state index contributed by atoms with van der Waals surface area (Å²) in [7, 11) is 0. The SMILES string of the molecule is CCC(NC1(NC(CC)C2CCCCC2)C(C)(C)CC(N)CC1(C)CN)C1CCCCC1. The van der Waals surface area contributed by atoms with E-state index >= 15 is 0 Å². The molecule has 4 heteroatoms. The summed E-state index contributed by atoms with van der Waals surface area (Å²) in [6.45, 7) is 12.8. The Morgan fingerprint density at radius 2 is 1.19 bits per heavy atom. The zero-order chi connectivity index (χ0) is 23.4. The monoisotopic (exact) mass is 448 g/mol. The van der Waals surface area contributed by atoms with Gasteiger partial charge < -0.3 is 11.5 Å². The topological polar surface area (TPSA) is 76.1 Å². The molecule has 0 bridgehead atoms. The van der Waals surface area contributed by atoms with Gasteiger partial charge in [-0.15, -0.1) is 0 Å². The maximum atomic E-state index is 6.68. The molecule has 0 aliphatic heterocycles. The summed E-state index contributed by atoms with van der Waals surface area (Å²) in [6.07, 6.45) is 18.3. The average molecular weight is 449 g/mol. The predicted molar refractivity (Wildman–Crippen MR) is 138 cm³/mol. The third-order valence-electron chi connectivity index (χ3n) is 9.98. The molecule has 32 heavy (non-hydrogen) atoms. The van der Waals surface area contributed by atoms with E-state index in [0.717, 1.165) is 24.7 Å². The van der Waals surface area contributed by atoms with Crippen LogP contribution in [0.3, 0.4) is 0 Å². The van der Waals surface area contributed by atoms with Crippen LogP contribution in [0.2, 0.25) is 0 Å². The van der Waals surface area contributed by atoms with Crippen LogP contribution in [0.1, 0.15) is 125 Å². The van der Waals surface area contributed by atoms with Crippen molar-refractivity contribution in [2.75, 3.05) is 6.54 Å². The molecule has 0 aromatic rings. The van der Waals surface area contributed by atoms with E-state index in [2.05, 4.69) is 45.3 Å². The van der Waals surface area contributed by atoms with Crippen LogP contribution in [-0.4, -0.2) is 30.3 Å². The molecule has 3 saturated carbocycles.